The van der Waals surface area contributed by atoms with Crippen molar-refractivity contribution in [3.05, 3.63) is 93.9 Å². The summed E-state index contributed by atoms with van der Waals surface area (Å²) in [6, 6.07) is 17.8. The van der Waals surface area contributed by atoms with E-state index in [2.05, 4.69) is 58.8 Å². The molecule has 1 fully saturated rings. The molecule has 1 aliphatic rings. The van der Waals surface area contributed by atoms with Gasteiger partial charge in [-0.3, -0.25) is 14.4 Å². The standard InChI is InChI=1S/C39H47N5O4S/c1-25(38(47)48)44-37(46)33(40-24-32-18-19-34(49-32)39(2,3)4)20-26-10-12-29(13-11-26)35-41-22-31(23-42-35)28-14-16-30(17-15-28)36(45)43-21-27-8-6-5-7-9-27/h10-19,22-23,25,27,33,40H,5-9,20-21,24H2,1-4H3,(H,43,45)(H,44,46)(H,47,48). The molecule has 2 atom stereocenters. The van der Waals surface area contributed by atoms with Crippen LogP contribution < -0.4 is 16.0 Å². The molecule has 9 nitrogen and oxygen atoms in total. The van der Waals surface area contributed by atoms with Crippen molar-refractivity contribution >= 4 is 29.1 Å². The minimum atomic E-state index is -1.08. The largest absolute Gasteiger partial charge is 0.480 e. The van der Waals surface area contributed by atoms with E-state index in [4.69, 9.17) is 0 Å². The van der Waals surface area contributed by atoms with E-state index < -0.39 is 18.1 Å². The Bertz CT molecular complexity index is 1710. The minimum absolute atomic E-state index is 0.0399. The van der Waals surface area contributed by atoms with E-state index in [0.717, 1.165) is 33.7 Å². The van der Waals surface area contributed by atoms with Gasteiger partial charge in [0.15, 0.2) is 5.82 Å². The second-order valence-corrected chi connectivity index (χ2v) is 15.2. The van der Waals surface area contributed by atoms with Crippen LogP contribution in [-0.4, -0.2) is 51.5 Å². The van der Waals surface area contributed by atoms with Crippen LogP contribution in [0.4, 0.5) is 0 Å². The first kappa shape index (κ1) is 35.9. The Morgan fingerprint density at radius 3 is 2.14 bits per heavy atom. The number of carboxylic acid groups (broad SMARTS) is 1. The molecule has 0 aliphatic heterocycles. The molecule has 1 aliphatic carbocycles. The first-order valence-corrected chi connectivity index (χ1v) is 17.9. The van der Waals surface area contributed by atoms with Gasteiger partial charge in [-0.05, 0) is 72.9 Å². The van der Waals surface area contributed by atoms with Gasteiger partial charge in [-0.25, -0.2) is 9.97 Å². The molecule has 5 rings (SSSR count). The molecular weight excluding hydrogens is 635 g/mol. The van der Waals surface area contributed by atoms with Gasteiger partial charge < -0.3 is 21.1 Å². The summed E-state index contributed by atoms with van der Waals surface area (Å²) in [6.45, 7) is 9.20. The maximum absolute atomic E-state index is 13.2. The van der Waals surface area contributed by atoms with Crippen molar-refractivity contribution in [2.45, 2.75) is 90.3 Å². The van der Waals surface area contributed by atoms with Crippen LogP contribution in [0, 0.1) is 5.92 Å². The molecule has 4 N–H and O–H groups in total. The summed E-state index contributed by atoms with van der Waals surface area (Å²) in [4.78, 5) is 48.8. The average Bonchev–Trinajstić information content (AvgIpc) is 3.60. The average molecular weight is 682 g/mol. The number of thiophene rings is 1. The van der Waals surface area contributed by atoms with Gasteiger partial charge in [0.25, 0.3) is 5.91 Å². The van der Waals surface area contributed by atoms with E-state index >= 15 is 0 Å². The number of hydrogen-bond donors (Lipinski definition) is 4. The molecule has 2 unspecified atom stereocenters. The summed E-state index contributed by atoms with van der Waals surface area (Å²) in [7, 11) is 0. The molecule has 1 saturated carbocycles. The van der Waals surface area contributed by atoms with Crippen molar-refractivity contribution in [2.75, 3.05) is 6.54 Å². The summed E-state index contributed by atoms with van der Waals surface area (Å²) < 4.78 is 0. The number of aliphatic carboxylic acids is 1. The SMILES string of the molecule is CC(NC(=O)C(Cc1ccc(-c2ncc(-c3ccc(C(=O)NCC4CCCCC4)cc3)cn2)cc1)NCc1ccc(C(C)(C)C)s1)C(=O)O. The third-order valence-electron chi connectivity index (χ3n) is 9.03. The third kappa shape index (κ3) is 10.1. The molecule has 258 valence electrons. The van der Waals surface area contributed by atoms with Crippen LogP contribution in [0.3, 0.4) is 0 Å². The predicted molar refractivity (Wildman–Crippen MR) is 194 cm³/mol. The number of benzene rings is 2. The van der Waals surface area contributed by atoms with Gasteiger partial charge in [-0.1, -0.05) is 76.4 Å². The zero-order chi connectivity index (χ0) is 35.0. The molecule has 2 aromatic heterocycles. The molecule has 2 aromatic carbocycles. The van der Waals surface area contributed by atoms with Crippen molar-refractivity contribution in [1.29, 1.82) is 0 Å². The number of rotatable bonds is 13. The quantitative estimate of drug-likeness (QED) is 0.122. The molecule has 49 heavy (non-hydrogen) atoms. The van der Waals surface area contributed by atoms with Gasteiger partial charge in [0.2, 0.25) is 5.91 Å². The Balaban J connectivity index is 1.20. The Kier molecular flexibility index (Phi) is 12.0. The van der Waals surface area contributed by atoms with Gasteiger partial charge in [-0.15, -0.1) is 11.3 Å². The molecule has 0 spiro atoms. The molecule has 0 radical (unpaired) electrons. The summed E-state index contributed by atoms with van der Waals surface area (Å²) in [6.07, 6.45) is 10.1. The van der Waals surface area contributed by atoms with Crippen LogP contribution in [0.25, 0.3) is 22.5 Å². The van der Waals surface area contributed by atoms with E-state index in [9.17, 15) is 19.5 Å². The Morgan fingerprint density at radius 1 is 0.878 bits per heavy atom. The van der Waals surface area contributed by atoms with E-state index in [1.165, 1.54) is 43.9 Å². The Hall–Kier alpha value is -4.41. The predicted octanol–water partition coefficient (Wildman–Crippen LogP) is 6.77. The number of carbonyl (C=O) groups is 3. The smallest absolute Gasteiger partial charge is 0.325 e. The number of nitrogens with one attached hydrogen (secondary N) is 3. The Morgan fingerprint density at radius 2 is 1.53 bits per heavy atom. The lowest BCUT2D eigenvalue weighted by Crippen LogP contribution is -2.49. The highest BCUT2D eigenvalue weighted by Crippen LogP contribution is 2.29. The number of carbonyl (C=O) groups excluding carboxylic acids is 2. The lowest BCUT2D eigenvalue weighted by Gasteiger charge is -2.21. The molecule has 0 saturated heterocycles. The van der Waals surface area contributed by atoms with Gasteiger partial charge >= 0.3 is 5.97 Å². The maximum Gasteiger partial charge on any atom is 0.325 e. The second kappa shape index (κ2) is 16.3. The highest BCUT2D eigenvalue weighted by atomic mass is 32.1. The van der Waals surface area contributed by atoms with Crippen molar-refractivity contribution in [1.82, 2.24) is 25.9 Å². The first-order valence-electron chi connectivity index (χ1n) is 17.1. The lowest BCUT2D eigenvalue weighted by molar-refractivity contribution is -0.141. The molecule has 4 aromatic rings. The second-order valence-electron chi connectivity index (χ2n) is 14.0. The van der Waals surface area contributed by atoms with Crippen LogP contribution in [0.15, 0.2) is 73.1 Å². The zero-order valence-electron chi connectivity index (χ0n) is 28.8. The van der Waals surface area contributed by atoms with Crippen LogP contribution in [0.5, 0.6) is 0 Å². The fraction of sp³-hybridized carbons (Fsp3) is 0.410. The summed E-state index contributed by atoms with van der Waals surface area (Å²) in [5.41, 5.74) is 4.22. The van der Waals surface area contributed by atoms with E-state index in [1.807, 2.05) is 48.5 Å². The third-order valence-corrected chi connectivity index (χ3v) is 10.5. The van der Waals surface area contributed by atoms with Crippen molar-refractivity contribution in [3.8, 4) is 22.5 Å². The van der Waals surface area contributed by atoms with Gasteiger partial charge in [-0.2, -0.15) is 0 Å². The monoisotopic (exact) mass is 681 g/mol. The van der Waals surface area contributed by atoms with E-state index in [0.29, 0.717) is 30.3 Å². The van der Waals surface area contributed by atoms with Crippen LogP contribution in [-0.2, 0) is 28.0 Å². The Labute approximate surface area is 293 Å². The van der Waals surface area contributed by atoms with Crippen molar-refractivity contribution in [3.63, 3.8) is 0 Å². The number of nitrogens with zero attached hydrogens (tertiary/aromatic N) is 2. The maximum atomic E-state index is 13.2. The van der Waals surface area contributed by atoms with Gasteiger partial charge in [0.1, 0.15) is 6.04 Å². The first-order chi connectivity index (χ1) is 23.5. The van der Waals surface area contributed by atoms with Crippen molar-refractivity contribution in [2.24, 2.45) is 5.92 Å². The lowest BCUT2D eigenvalue weighted by atomic mass is 9.89. The van der Waals surface area contributed by atoms with E-state index in [1.54, 1.807) is 23.7 Å². The summed E-state index contributed by atoms with van der Waals surface area (Å²) >= 11 is 1.71. The van der Waals surface area contributed by atoms with Gasteiger partial charge in [0, 0.05) is 51.9 Å². The topological polar surface area (TPSA) is 133 Å². The molecule has 2 amide bonds. The summed E-state index contributed by atoms with van der Waals surface area (Å²) in [5, 5.41) is 18.4. The molecule has 2 heterocycles. The highest BCUT2D eigenvalue weighted by molar-refractivity contribution is 7.12. The number of carboxylic acids is 1. The van der Waals surface area contributed by atoms with Crippen LogP contribution in [0.2, 0.25) is 0 Å². The molecular formula is C39H47N5O4S. The zero-order valence-corrected chi connectivity index (χ0v) is 29.6. The van der Waals surface area contributed by atoms with Crippen LogP contribution in [0.1, 0.15) is 85.5 Å². The van der Waals surface area contributed by atoms with E-state index in [-0.39, 0.29) is 17.2 Å². The number of hydrogen-bond acceptors (Lipinski definition) is 7. The molecule has 0 bridgehead atoms. The number of aromatic nitrogens is 2. The number of amides is 2. The fourth-order valence-electron chi connectivity index (χ4n) is 5.93. The fourth-order valence-corrected chi connectivity index (χ4v) is 6.95. The normalized spacial score (nSPS) is 14.9. The highest BCUT2D eigenvalue weighted by Gasteiger charge is 2.24. The van der Waals surface area contributed by atoms with Crippen molar-refractivity contribution < 1.29 is 19.5 Å². The van der Waals surface area contributed by atoms with Crippen LogP contribution >= 0.6 is 11.3 Å². The summed E-state index contributed by atoms with van der Waals surface area (Å²) in [5.74, 6) is -0.327. The van der Waals surface area contributed by atoms with Gasteiger partial charge in [0.05, 0.1) is 6.04 Å². The molecule has 10 heteroatoms. The minimum Gasteiger partial charge on any atom is -0.480 e.